The van der Waals surface area contributed by atoms with Crippen molar-refractivity contribution in [3.8, 4) is 0 Å². The van der Waals surface area contributed by atoms with Crippen LogP contribution in [0.25, 0.3) is 0 Å². The molecule has 4 rings (SSSR count). The van der Waals surface area contributed by atoms with Crippen molar-refractivity contribution in [2.75, 3.05) is 0 Å². The summed E-state index contributed by atoms with van der Waals surface area (Å²) in [6.45, 7) is 0. The molecule has 1 aliphatic rings. The molecule has 122 valence electrons. The molecule has 3 aromatic rings. The Morgan fingerprint density at radius 2 is 1.48 bits per heavy atom. The van der Waals surface area contributed by atoms with Gasteiger partial charge in [-0.05, 0) is 54.6 Å². The highest BCUT2D eigenvalue weighted by molar-refractivity contribution is 6.17. The molecule has 6 heteroatoms. The highest BCUT2D eigenvalue weighted by Gasteiger charge is 2.18. The third-order valence-corrected chi connectivity index (χ3v) is 3.79. The van der Waals surface area contributed by atoms with Crippen LogP contribution >= 0.6 is 0 Å². The fraction of sp³-hybridized carbons (Fsp3) is 0. The SMILES string of the molecule is Fc1ccc(C2=NNC(c3ccncc3)=Nc3ccc(F)cc32)cc1. The molecule has 2 aromatic carbocycles. The largest absolute Gasteiger partial charge is 0.265 e. The number of fused-ring (bicyclic) bond motifs is 1. The van der Waals surface area contributed by atoms with Crippen molar-refractivity contribution < 1.29 is 8.78 Å². The van der Waals surface area contributed by atoms with Crippen molar-refractivity contribution in [1.82, 2.24) is 10.4 Å². The van der Waals surface area contributed by atoms with Gasteiger partial charge in [0, 0.05) is 29.1 Å². The molecule has 0 radical (unpaired) electrons. The summed E-state index contributed by atoms with van der Waals surface area (Å²) in [4.78, 5) is 8.55. The molecule has 1 aliphatic heterocycles. The van der Waals surface area contributed by atoms with E-state index in [9.17, 15) is 8.78 Å². The van der Waals surface area contributed by atoms with E-state index in [4.69, 9.17) is 0 Å². The highest BCUT2D eigenvalue weighted by atomic mass is 19.1. The number of hydrogen-bond donors (Lipinski definition) is 1. The second kappa shape index (κ2) is 6.24. The number of amidine groups is 1. The summed E-state index contributed by atoms with van der Waals surface area (Å²) >= 11 is 0. The average Bonchev–Trinajstić information content (AvgIpc) is 2.83. The van der Waals surface area contributed by atoms with Crippen LogP contribution in [0.2, 0.25) is 0 Å². The van der Waals surface area contributed by atoms with Crippen LogP contribution in [0.4, 0.5) is 14.5 Å². The second-order valence-corrected chi connectivity index (χ2v) is 5.44. The molecule has 0 spiro atoms. The number of nitrogens with zero attached hydrogens (tertiary/aromatic N) is 3. The van der Waals surface area contributed by atoms with Crippen LogP contribution in [0, 0.1) is 11.6 Å². The molecule has 0 fully saturated rings. The van der Waals surface area contributed by atoms with Crippen LogP contribution in [0.5, 0.6) is 0 Å². The first kappa shape index (κ1) is 15.1. The van der Waals surface area contributed by atoms with Crippen LogP contribution in [0.3, 0.4) is 0 Å². The number of aliphatic imine (C=N–C) groups is 1. The van der Waals surface area contributed by atoms with E-state index in [0.717, 1.165) is 5.56 Å². The van der Waals surface area contributed by atoms with Gasteiger partial charge in [0.05, 0.1) is 5.69 Å². The summed E-state index contributed by atoms with van der Waals surface area (Å²) in [5.41, 5.74) is 5.97. The predicted molar refractivity (Wildman–Crippen MR) is 92.0 cm³/mol. The van der Waals surface area contributed by atoms with Crippen molar-refractivity contribution in [3.63, 3.8) is 0 Å². The summed E-state index contributed by atoms with van der Waals surface area (Å²) in [6.07, 6.45) is 3.31. The number of aromatic nitrogens is 1. The Balaban J connectivity index is 1.87. The number of pyridine rings is 1. The van der Waals surface area contributed by atoms with Crippen LogP contribution in [-0.4, -0.2) is 16.5 Å². The molecule has 0 atom stereocenters. The molecule has 0 saturated heterocycles. The van der Waals surface area contributed by atoms with Crippen molar-refractivity contribution in [2.45, 2.75) is 0 Å². The first-order valence-corrected chi connectivity index (χ1v) is 7.59. The van der Waals surface area contributed by atoms with E-state index in [1.165, 1.54) is 24.3 Å². The number of benzene rings is 2. The summed E-state index contributed by atoms with van der Waals surface area (Å²) in [5.74, 6) is -0.220. The van der Waals surface area contributed by atoms with Crippen molar-refractivity contribution in [1.29, 1.82) is 0 Å². The molecule has 2 heterocycles. The van der Waals surface area contributed by atoms with Gasteiger partial charge in [0.1, 0.15) is 17.3 Å². The van der Waals surface area contributed by atoms with Crippen LogP contribution < -0.4 is 5.43 Å². The molecule has 0 unspecified atom stereocenters. The fourth-order valence-electron chi connectivity index (χ4n) is 2.58. The minimum absolute atomic E-state index is 0.348. The van der Waals surface area contributed by atoms with Gasteiger partial charge in [-0.3, -0.25) is 10.4 Å². The van der Waals surface area contributed by atoms with Gasteiger partial charge in [-0.25, -0.2) is 13.8 Å². The number of nitrogens with one attached hydrogen (secondary N) is 1. The van der Waals surface area contributed by atoms with E-state index >= 15 is 0 Å². The fourth-order valence-corrected chi connectivity index (χ4v) is 2.58. The van der Waals surface area contributed by atoms with Gasteiger partial charge in [0.2, 0.25) is 0 Å². The lowest BCUT2D eigenvalue weighted by Crippen LogP contribution is -2.19. The monoisotopic (exact) mass is 334 g/mol. The third-order valence-electron chi connectivity index (χ3n) is 3.79. The molecular formula is C19H12F2N4. The van der Waals surface area contributed by atoms with Crippen LogP contribution in [0.1, 0.15) is 16.7 Å². The third kappa shape index (κ3) is 3.01. The molecular weight excluding hydrogens is 322 g/mol. The Morgan fingerprint density at radius 1 is 0.760 bits per heavy atom. The maximum Gasteiger partial charge on any atom is 0.154 e. The molecule has 4 nitrogen and oxygen atoms in total. The van der Waals surface area contributed by atoms with Crippen molar-refractivity contribution in [2.24, 2.45) is 10.1 Å². The van der Waals surface area contributed by atoms with Gasteiger partial charge < -0.3 is 0 Å². The van der Waals surface area contributed by atoms with Gasteiger partial charge in [0.15, 0.2) is 5.84 Å². The van der Waals surface area contributed by atoms with Gasteiger partial charge in [-0.1, -0.05) is 0 Å². The molecule has 0 bridgehead atoms. The Bertz CT molecular complexity index is 980. The van der Waals surface area contributed by atoms with Gasteiger partial charge in [0.25, 0.3) is 0 Å². The zero-order valence-corrected chi connectivity index (χ0v) is 12.9. The average molecular weight is 334 g/mol. The van der Waals surface area contributed by atoms with Crippen molar-refractivity contribution in [3.05, 3.63) is 95.3 Å². The van der Waals surface area contributed by atoms with E-state index in [1.807, 2.05) is 0 Å². The summed E-state index contributed by atoms with van der Waals surface area (Å²) in [6, 6.07) is 13.8. The maximum absolute atomic E-state index is 13.8. The number of hydrogen-bond acceptors (Lipinski definition) is 4. The Kier molecular flexibility index (Phi) is 3.78. The highest BCUT2D eigenvalue weighted by Crippen LogP contribution is 2.26. The van der Waals surface area contributed by atoms with Crippen LogP contribution in [-0.2, 0) is 0 Å². The standard InChI is InChI=1S/C19H12F2N4/c20-14-3-1-12(2-4-14)18-16-11-15(21)5-6-17(16)23-19(25-24-18)13-7-9-22-10-8-13/h1-11H,(H,23,25). The summed E-state index contributed by atoms with van der Waals surface area (Å²) < 4.78 is 27.0. The summed E-state index contributed by atoms with van der Waals surface area (Å²) in [7, 11) is 0. The lowest BCUT2D eigenvalue weighted by atomic mass is 10.0. The first-order valence-electron chi connectivity index (χ1n) is 7.59. The van der Waals surface area contributed by atoms with Gasteiger partial charge >= 0.3 is 0 Å². The molecule has 25 heavy (non-hydrogen) atoms. The van der Waals surface area contributed by atoms with Crippen molar-refractivity contribution >= 4 is 17.2 Å². The zero-order valence-electron chi connectivity index (χ0n) is 12.9. The quantitative estimate of drug-likeness (QED) is 0.775. The van der Waals surface area contributed by atoms with E-state index in [2.05, 4.69) is 20.5 Å². The van der Waals surface area contributed by atoms with Gasteiger partial charge in [-0.15, -0.1) is 0 Å². The number of rotatable bonds is 2. The molecule has 0 saturated carbocycles. The smallest absolute Gasteiger partial charge is 0.154 e. The molecule has 0 aliphatic carbocycles. The van der Waals surface area contributed by atoms with E-state index in [1.54, 1.807) is 42.7 Å². The molecule has 1 aromatic heterocycles. The lowest BCUT2D eigenvalue weighted by Gasteiger charge is -2.07. The second-order valence-electron chi connectivity index (χ2n) is 5.44. The summed E-state index contributed by atoms with van der Waals surface area (Å²) in [5, 5.41) is 4.39. The van der Waals surface area contributed by atoms with E-state index < -0.39 is 5.82 Å². The Labute approximate surface area is 142 Å². The first-order chi connectivity index (χ1) is 12.2. The van der Waals surface area contributed by atoms with E-state index in [0.29, 0.717) is 28.4 Å². The number of hydrazone groups is 1. The topological polar surface area (TPSA) is 49.6 Å². The maximum atomic E-state index is 13.8. The Morgan fingerprint density at radius 3 is 2.24 bits per heavy atom. The minimum atomic E-state index is -0.392. The zero-order chi connectivity index (χ0) is 17.2. The van der Waals surface area contributed by atoms with Crippen LogP contribution in [0.15, 0.2) is 77.1 Å². The minimum Gasteiger partial charge on any atom is -0.265 e. The molecule has 0 amide bonds. The lowest BCUT2D eigenvalue weighted by molar-refractivity contribution is 0.627. The van der Waals surface area contributed by atoms with E-state index in [-0.39, 0.29) is 5.82 Å². The molecule has 1 N–H and O–H groups in total. The predicted octanol–water partition coefficient (Wildman–Crippen LogP) is 3.79. The van der Waals surface area contributed by atoms with Gasteiger partial charge in [-0.2, -0.15) is 5.10 Å². The number of halogens is 2. The normalized spacial score (nSPS) is 13.2. The Hall–Kier alpha value is -3.41.